The van der Waals surface area contributed by atoms with Gasteiger partial charge in [0.25, 0.3) is 0 Å². The molecule has 0 aliphatic rings. The molecule has 0 bridgehead atoms. The smallest absolute Gasteiger partial charge is 0.147 e. The van der Waals surface area contributed by atoms with E-state index in [2.05, 4.69) is 12.1 Å². The van der Waals surface area contributed by atoms with E-state index in [0.29, 0.717) is 0 Å². The van der Waals surface area contributed by atoms with Crippen molar-refractivity contribution in [2.75, 3.05) is 0 Å². The van der Waals surface area contributed by atoms with Crippen LogP contribution in [0.15, 0.2) is 54.6 Å². The number of aromatic nitrogens is 1. The van der Waals surface area contributed by atoms with Crippen LogP contribution in [0.5, 0.6) is 0 Å². The van der Waals surface area contributed by atoms with Crippen molar-refractivity contribution in [2.45, 2.75) is 13.8 Å². The number of rotatable bonds is 1. The molecule has 4 rings (SSSR count). The zero-order chi connectivity index (χ0) is 16.1. The van der Waals surface area contributed by atoms with E-state index < -0.39 is 11.6 Å². The molecular weight excluding hydrogens is 292 g/mol. The molecule has 23 heavy (non-hydrogen) atoms. The number of aryl methyl sites for hydroxylation is 2. The van der Waals surface area contributed by atoms with Crippen LogP contribution in [0.3, 0.4) is 0 Å². The van der Waals surface area contributed by atoms with E-state index in [1.807, 2.05) is 38.1 Å². The number of hydrogen-bond acceptors (Lipinski definition) is 0. The molecule has 0 aliphatic heterocycles. The molecule has 1 aromatic heterocycles. The van der Waals surface area contributed by atoms with Gasteiger partial charge in [0, 0.05) is 16.8 Å². The molecule has 1 nitrogen and oxygen atoms in total. The molecule has 114 valence electrons. The van der Waals surface area contributed by atoms with Crippen LogP contribution in [0, 0.1) is 25.5 Å². The molecule has 1 heterocycles. The van der Waals surface area contributed by atoms with Gasteiger partial charge in [0.2, 0.25) is 0 Å². The van der Waals surface area contributed by atoms with E-state index in [1.165, 1.54) is 12.1 Å². The highest BCUT2D eigenvalue weighted by Gasteiger charge is 2.15. The largest absolute Gasteiger partial charge is 0.306 e. The summed E-state index contributed by atoms with van der Waals surface area (Å²) in [5, 5.41) is 2.10. The fourth-order valence-electron chi connectivity index (χ4n) is 3.17. The van der Waals surface area contributed by atoms with E-state index in [9.17, 15) is 8.78 Å². The SMILES string of the molecule is Cc1ccc2c(c1)c1cc(C)ccc1n2-c1cc(F)ccc1F. The molecule has 0 radical (unpaired) electrons. The van der Waals surface area contributed by atoms with Crippen LogP contribution in [0.4, 0.5) is 8.78 Å². The van der Waals surface area contributed by atoms with Crippen molar-refractivity contribution < 1.29 is 8.78 Å². The van der Waals surface area contributed by atoms with Gasteiger partial charge >= 0.3 is 0 Å². The molecule has 4 aromatic rings. The topological polar surface area (TPSA) is 4.93 Å². The Kier molecular flexibility index (Phi) is 2.98. The van der Waals surface area contributed by atoms with Crippen molar-refractivity contribution in [2.24, 2.45) is 0 Å². The standard InChI is InChI=1S/C20H15F2N/c1-12-3-7-18-15(9-12)16-10-13(2)4-8-19(16)23(18)20-11-14(21)5-6-17(20)22/h3-11H,1-2H3. The van der Waals surface area contributed by atoms with Crippen molar-refractivity contribution in [1.82, 2.24) is 4.57 Å². The second-order valence-corrected chi connectivity index (χ2v) is 5.97. The van der Waals surface area contributed by atoms with Gasteiger partial charge in [-0.25, -0.2) is 8.78 Å². The molecule has 0 saturated carbocycles. The molecule has 3 heteroatoms. The average molecular weight is 307 g/mol. The number of nitrogens with zero attached hydrogens (tertiary/aromatic N) is 1. The highest BCUT2D eigenvalue weighted by molar-refractivity contribution is 6.09. The average Bonchev–Trinajstić information content (AvgIpc) is 2.83. The van der Waals surface area contributed by atoms with E-state index in [-0.39, 0.29) is 5.69 Å². The lowest BCUT2D eigenvalue weighted by Gasteiger charge is -2.09. The Labute approximate surface area is 132 Å². The minimum atomic E-state index is -0.448. The van der Waals surface area contributed by atoms with Crippen molar-refractivity contribution in [3.8, 4) is 5.69 Å². The van der Waals surface area contributed by atoms with Gasteiger partial charge in [-0.15, -0.1) is 0 Å². The first-order valence-corrected chi connectivity index (χ1v) is 7.51. The van der Waals surface area contributed by atoms with Crippen LogP contribution in [0.2, 0.25) is 0 Å². The fourth-order valence-corrected chi connectivity index (χ4v) is 3.17. The van der Waals surface area contributed by atoms with Gasteiger partial charge in [0.05, 0.1) is 16.7 Å². The summed E-state index contributed by atoms with van der Waals surface area (Å²) < 4.78 is 29.8. The molecule has 0 atom stereocenters. The summed E-state index contributed by atoms with van der Waals surface area (Å²) in [7, 11) is 0. The quantitative estimate of drug-likeness (QED) is 0.426. The Morgan fingerprint density at radius 2 is 1.26 bits per heavy atom. The summed E-state index contributed by atoms with van der Waals surface area (Å²) in [5.41, 5.74) is 4.26. The third-order valence-electron chi connectivity index (χ3n) is 4.23. The maximum absolute atomic E-state index is 14.4. The van der Waals surface area contributed by atoms with Gasteiger partial charge < -0.3 is 4.57 Å². The molecule has 0 amide bonds. The minimum absolute atomic E-state index is 0.234. The molecule has 0 aliphatic carbocycles. The Balaban J connectivity index is 2.22. The molecule has 0 N–H and O–H groups in total. The van der Waals surface area contributed by atoms with Crippen LogP contribution >= 0.6 is 0 Å². The number of fused-ring (bicyclic) bond motifs is 3. The normalized spacial score (nSPS) is 11.5. The third kappa shape index (κ3) is 2.12. The summed E-state index contributed by atoms with van der Waals surface area (Å²) in [6, 6.07) is 15.6. The first-order chi connectivity index (χ1) is 11.0. The molecular formula is C20H15F2N. The number of benzene rings is 3. The van der Waals surface area contributed by atoms with Crippen LogP contribution in [-0.4, -0.2) is 4.57 Å². The van der Waals surface area contributed by atoms with Crippen LogP contribution in [0.25, 0.3) is 27.5 Å². The summed E-state index contributed by atoms with van der Waals surface area (Å²) in [5.74, 6) is -0.887. The van der Waals surface area contributed by atoms with Crippen molar-refractivity contribution >= 4 is 21.8 Å². The molecule has 0 saturated heterocycles. The summed E-state index contributed by atoms with van der Waals surface area (Å²) in [4.78, 5) is 0. The first-order valence-electron chi connectivity index (χ1n) is 7.51. The van der Waals surface area contributed by atoms with Gasteiger partial charge in [-0.1, -0.05) is 23.3 Å². The van der Waals surface area contributed by atoms with Crippen molar-refractivity contribution in [3.63, 3.8) is 0 Å². The highest BCUT2D eigenvalue weighted by Crippen LogP contribution is 2.34. The van der Waals surface area contributed by atoms with Gasteiger partial charge in [0.15, 0.2) is 0 Å². The van der Waals surface area contributed by atoms with Crippen molar-refractivity contribution in [1.29, 1.82) is 0 Å². The zero-order valence-electron chi connectivity index (χ0n) is 12.9. The first kappa shape index (κ1) is 13.9. The van der Waals surface area contributed by atoms with Crippen LogP contribution < -0.4 is 0 Å². The Bertz CT molecular complexity index is 1000. The number of hydrogen-bond donors (Lipinski definition) is 0. The monoisotopic (exact) mass is 307 g/mol. The lowest BCUT2D eigenvalue weighted by atomic mass is 10.1. The lowest BCUT2D eigenvalue weighted by molar-refractivity contribution is 0.595. The molecule has 3 aromatic carbocycles. The Morgan fingerprint density at radius 3 is 1.83 bits per heavy atom. The van der Waals surface area contributed by atoms with Gasteiger partial charge in [0.1, 0.15) is 11.6 Å². The summed E-state index contributed by atoms with van der Waals surface area (Å²) >= 11 is 0. The Morgan fingerprint density at radius 1 is 0.696 bits per heavy atom. The van der Waals surface area contributed by atoms with E-state index in [1.54, 1.807) is 4.57 Å². The second-order valence-electron chi connectivity index (χ2n) is 5.97. The molecule has 0 spiro atoms. The van der Waals surface area contributed by atoms with Crippen LogP contribution in [0.1, 0.15) is 11.1 Å². The van der Waals surface area contributed by atoms with Gasteiger partial charge in [-0.05, 0) is 50.2 Å². The predicted molar refractivity (Wildman–Crippen MR) is 90.2 cm³/mol. The Hall–Kier alpha value is -2.68. The third-order valence-corrected chi connectivity index (χ3v) is 4.23. The summed E-state index contributed by atoms with van der Waals surface area (Å²) in [6.45, 7) is 4.06. The second kappa shape index (κ2) is 4.92. The molecule has 0 unspecified atom stereocenters. The van der Waals surface area contributed by atoms with E-state index in [4.69, 9.17) is 0 Å². The maximum atomic E-state index is 14.4. The van der Waals surface area contributed by atoms with E-state index in [0.717, 1.165) is 39.0 Å². The number of halogens is 2. The predicted octanol–water partition coefficient (Wildman–Crippen LogP) is 5.68. The van der Waals surface area contributed by atoms with Crippen molar-refractivity contribution in [3.05, 3.63) is 77.4 Å². The highest BCUT2D eigenvalue weighted by atomic mass is 19.1. The zero-order valence-corrected chi connectivity index (χ0v) is 12.9. The van der Waals surface area contributed by atoms with Crippen LogP contribution in [-0.2, 0) is 0 Å². The minimum Gasteiger partial charge on any atom is -0.306 e. The van der Waals surface area contributed by atoms with E-state index >= 15 is 0 Å². The summed E-state index contributed by atoms with van der Waals surface area (Å²) in [6.07, 6.45) is 0. The lowest BCUT2D eigenvalue weighted by Crippen LogP contribution is -1.98. The maximum Gasteiger partial charge on any atom is 0.147 e. The van der Waals surface area contributed by atoms with Gasteiger partial charge in [-0.3, -0.25) is 0 Å². The molecule has 0 fully saturated rings. The van der Waals surface area contributed by atoms with Gasteiger partial charge in [-0.2, -0.15) is 0 Å². The fraction of sp³-hybridized carbons (Fsp3) is 0.100.